The Kier molecular flexibility index (Phi) is 5.30. The zero-order valence-electron chi connectivity index (χ0n) is 13.3. The van der Waals surface area contributed by atoms with Gasteiger partial charge in [-0.3, -0.25) is 0 Å². The molecule has 2 aliphatic rings. The summed E-state index contributed by atoms with van der Waals surface area (Å²) in [6.45, 7) is 9.87. The molecular weight excluding hydrogens is 252 g/mol. The van der Waals surface area contributed by atoms with Crippen LogP contribution in [-0.4, -0.2) is 42.8 Å². The number of hydrogen-bond acceptors (Lipinski definition) is 3. The molecule has 0 aliphatic carbocycles. The van der Waals surface area contributed by atoms with Crippen molar-refractivity contribution in [2.75, 3.05) is 26.2 Å². The lowest BCUT2D eigenvalue weighted by molar-refractivity contribution is 0.0174. The van der Waals surface area contributed by atoms with Crippen LogP contribution >= 0.6 is 0 Å². The van der Waals surface area contributed by atoms with E-state index in [1.165, 1.54) is 32.4 Å². The Bertz CT molecular complexity index is 311. The molecule has 1 N–H and O–H groups in total. The van der Waals surface area contributed by atoms with Gasteiger partial charge in [0.2, 0.25) is 0 Å². The topological polar surface area (TPSA) is 41.6 Å². The van der Waals surface area contributed by atoms with Crippen molar-refractivity contribution in [1.29, 1.82) is 0 Å². The van der Waals surface area contributed by atoms with Crippen LogP contribution < -0.4 is 5.32 Å². The number of hydrogen-bond donors (Lipinski definition) is 1. The van der Waals surface area contributed by atoms with E-state index in [9.17, 15) is 4.79 Å². The van der Waals surface area contributed by atoms with Crippen LogP contribution in [0.25, 0.3) is 0 Å². The first kappa shape index (κ1) is 15.6. The van der Waals surface area contributed by atoms with Crippen molar-refractivity contribution < 1.29 is 9.53 Å². The summed E-state index contributed by atoms with van der Waals surface area (Å²) >= 11 is 0. The lowest BCUT2D eigenvalue weighted by atomic mass is 9.83. The molecule has 0 radical (unpaired) electrons. The maximum Gasteiger partial charge on any atom is 0.410 e. The molecule has 116 valence electrons. The molecule has 1 amide bonds. The van der Waals surface area contributed by atoms with Crippen LogP contribution in [0, 0.1) is 11.8 Å². The Morgan fingerprint density at radius 2 is 1.65 bits per heavy atom. The first-order valence-electron chi connectivity index (χ1n) is 8.13. The minimum atomic E-state index is -0.386. The maximum absolute atomic E-state index is 12.0. The standard InChI is InChI=1S/C16H30N2O2/c1-16(2,3)20-15(19)18-10-6-14(7-11-18)12-13-4-8-17-9-5-13/h13-14,17H,4-12H2,1-3H3. The Balaban J connectivity index is 1.70. The third-order valence-corrected chi connectivity index (χ3v) is 4.39. The highest BCUT2D eigenvalue weighted by Crippen LogP contribution is 2.28. The van der Waals surface area contributed by atoms with Gasteiger partial charge >= 0.3 is 6.09 Å². The summed E-state index contributed by atoms with van der Waals surface area (Å²) in [5.74, 6) is 1.70. The van der Waals surface area contributed by atoms with Gasteiger partial charge in [-0.15, -0.1) is 0 Å². The summed E-state index contributed by atoms with van der Waals surface area (Å²) < 4.78 is 5.44. The molecule has 2 fully saturated rings. The van der Waals surface area contributed by atoms with Crippen LogP contribution in [0.5, 0.6) is 0 Å². The van der Waals surface area contributed by atoms with Gasteiger partial charge in [0.15, 0.2) is 0 Å². The van der Waals surface area contributed by atoms with E-state index < -0.39 is 0 Å². The minimum absolute atomic E-state index is 0.141. The molecule has 2 aliphatic heterocycles. The van der Waals surface area contributed by atoms with Gasteiger partial charge in [0.1, 0.15) is 5.60 Å². The predicted octanol–water partition coefficient (Wildman–Crippen LogP) is 3.02. The highest BCUT2D eigenvalue weighted by atomic mass is 16.6. The van der Waals surface area contributed by atoms with Crippen LogP contribution in [0.3, 0.4) is 0 Å². The van der Waals surface area contributed by atoms with Gasteiger partial charge in [-0.1, -0.05) is 0 Å². The van der Waals surface area contributed by atoms with Gasteiger partial charge in [0.05, 0.1) is 0 Å². The van der Waals surface area contributed by atoms with E-state index in [0.717, 1.165) is 37.8 Å². The average molecular weight is 282 g/mol. The van der Waals surface area contributed by atoms with Gasteiger partial charge in [-0.25, -0.2) is 4.79 Å². The molecule has 20 heavy (non-hydrogen) atoms. The zero-order valence-corrected chi connectivity index (χ0v) is 13.3. The van der Waals surface area contributed by atoms with Gasteiger partial charge in [-0.2, -0.15) is 0 Å². The maximum atomic E-state index is 12.0. The number of piperidine rings is 2. The van der Waals surface area contributed by atoms with Crippen molar-refractivity contribution in [1.82, 2.24) is 10.2 Å². The third kappa shape index (κ3) is 4.97. The summed E-state index contributed by atoms with van der Waals surface area (Å²) in [7, 11) is 0. The number of amides is 1. The number of likely N-dealkylation sites (tertiary alicyclic amines) is 1. The Morgan fingerprint density at radius 3 is 2.20 bits per heavy atom. The van der Waals surface area contributed by atoms with Crippen LogP contribution in [0.15, 0.2) is 0 Å². The molecule has 2 heterocycles. The first-order chi connectivity index (χ1) is 9.44. The predicted molar refractivity (Wildman–Crippen MR) is 80.7 cm³/mol. The first-order valence-corrected chi connectivity index (χ1v) is 8.13. The van der Waals surface area contributed by atoms with Gasteiger partial charge in [-0.05, 0) is 77.8 Å². The van der Waals surface area contributed by atoms with Crippen LogP contribution in [0.1, 0.15) is 52.9 Å². The number of rotatable bonds is 2. The summed E-state index contributed by atoms with van der Waals surface area (Å²) in [4.78, 5) is 13.9. The van der Waals surface area contributed by atoms with Crippen molar-refractivity contribution in [3.8, 4) is 0 Å². The lowest BCUT2D eigenvalue weighted by Gasteiger charge is -2.35. The monoisotopic (exact) mass is 282 g/mol. The molecule has 0 aromatic carbocycles. The second kappa shape index (κ2) is 6.79. The number of nitrogens with one attached hydrogen (secondary N) is 1. The van der Waals surface area contributed by atoms with Crippen molar-refractivity contribution in [2.45, 2.75) is 58.5 Å². The van der Waals surface area contributed by atoms with E-state index in [1.54, 1.807) is 0 Å². The van der Waals surface area contributed by atoms with Crippen molar-refractivity contribution >= 4 is 6.09 Å². The molecule has 4 heteroatoms. The molecule has 0 saturated carbocycles. The molecule has 0 aromatic heterocycles. The smallest absolute Gasteiger partial charge is 0.410 e. The molecule has 0 unspecified atom stereocenters. The Hall–Kier alpha value is -0.770. The lowest BCUT2D eigenvalue weighted by Crippen LogP contribution is -2.42. The van der Waals surface area contributed by atoms with Crippen molar-refractivity contribution in [3.63, 3.8) is 0 Å². The second-order valence-electron chi connectivity index (χ2n) is 7.34. The fourth-order valence-electron chi connectivity index (χ4n) is 3.27. The highest BCUT2D eigenvalue weighted by molar-refractivity contribution is 5.68. The van der Waals surface area contributed by atoms with E-state index in [2.05, 4.69) is 5.32 Å². The molecule has 0 bridgehead atoms. The average Bonchev–Trinajstić information content (AvgIpc) is 2.39. The number of carbonyl (C=O) groups excluding carboxylic acids is 1. The molecule has 2 rings (SSSR count). The molecule has 2 saturated heterocycles. The van der Waals surface area contributed by atoms with E-state index in [1.807, 2.05) is 25.7 Å². The Morgan fingerprint density at radius 1 is 1.10 bits per heavy atom. The van der Waals surface area contributed by atoms with Gasteiger partial charge in [0, 0.05) is 13.1 Å². The largest absolute Gasteiger partial charge is 0.444 e. The summed E-state index contributed by atoms with van der Waals surface area (Å²) in [6.07, 6.45) is 6.15. The zero-order chi connectivity index (χ0) is 14.6. The fourth-order valence-corrected chi connectivity index (χ4v) is 3.27. The number of nitrogens with zero attached hydrogens (tertiary/aromatic N) is 1. The van der Waals surface area contributed by atoms with E-state index in [-0.39, 0.29) is 11.7 Å². The minimum Gasteiger partial charge on any atom is -0.444 e. The van der Waals surface area contributed by atoms with Crippen LogP contribution in [0.2, 0.25) is 0 Å². The molecule has 0 atom stereocenters. The molecule has 0 spiro atoms. The summed E-state index contributed by atoms with van der Waals surface area (Å²) in [5, 5.41) is 3.43. The fraction of sp³-hybridized carbons (Fsp3) is 0.938. The van der Waals surface area contributed by atoms with Gasteiger partial charge < -0.3 is 15.0 Å². The van der Waals surface area contributed by atoms with Crippen LogP contribution in [0.4, 0.5) is 4.79 Å². The summed E-state index contributed by atoms with van der Waals surface area (Å²) in [5.41, 5.74) is -0.386. The summed E-state index contributed by atoms with van der Waals surface area (Å²) in [6, 6.07) is 0. The van der Waals surface area contributed by atoms with E-state index >= 15 is 0 Å². The van der Waals surface area contributed by atoms with Gasteiger partial charge in [0.25, 0.3) is 0 Å². The molecule has 4 nitrogen and oxygen atoms in total. The third-order valence-electron chi connectivity index (χ3n) is 4.39. The quantitative estimate of drug-likeness (QED) is 0.846. The van der Waals surface area contributed by atoms with E-state index in [0.29, 0.717) is 0 Å². The molecule has 0 aromatic rings. The van der Waals surface area contributed by atoms with Crippen LogP contribution in [-0.2, 0) is 4.74 Å². The number of ether oxygens (including phenoxy) is 1. The highest BCUT2D eigenvalue weighted by Gasteiger charge is 2.28. The van der Waals surface area contributed by atoms with E-state index in [4.69, 9.17) is 4.74 Å². The number of carbonyl (C=O) groups is 1. The normalized spacial score (nSPS) is 22.9. The van der Waals surface area contributed by atoms with Crippen molar-refractivity contribution in [2.24, 2.45) is 11.8 Å². The SMILES string of the molecule is CC(C)(C)OC(=O)N1CCC(CC2CCNCC2)CC1. The Labute approximate surface area is 123 Å². The van der Waals surface area contributed by atoms with Crippen molar-refractivity contribution in [3.05, 3.63) is 0 Å². The second-order valence-corrected chi connectivity index (χ2v) is 7.34. The molecular formula is C16H30N2O2.